The maximum atomic E-state index is 17.0. The van der Waals surface area contributed by atoms with Gasteiger partial charge in [-0.05, 0) is 63.5 Å². The van der Waals surface area contributed by atoms with Gasteiger partial charge in [0.25, 0.3) is 0 Å². The van der Waals surface area contributed by atoms with Gasteiger partial charge >= 0.3 is 12.0 Å². The van der Waals surface area contributed by atoms with E-state index < -0.39 is 29.3 Å². The number of rotatable bonds is 8. The first-order valence-electron chi connectivity index (χ1n) is 16.5. The molecule has 10 nitrogen and oxygen atoms in total. The van der Waals surface area contributed by atoms with Crippen molar-refractivity contribution in [3.8, 4) is 35.4 Å². The molecule has 0 bridgehead atoms. The molecule has 4 aromatic rings. The minimum Gasteiger partial charge on any atom is -0.461 e. The fraction of sp³-hybridized carbons (Fsp3) is 0.444. The number of anilines is 1. The van der Waals surface area contributed by atoms with Gasteiger partial charge in [0.05, 0.1) is 29.6 Å². The maximum Gasteiger partial charge on any atom is 0.325 e. The van der Waals surface area contributed by atoms with Crippen LogP contribution in [0.4, 0.5) is 19.0 Å². The summed E-state index contributed by atoms with van der Waals surface area (Å²) < 4.78 is 64.1. The third-order valence-electron chi connectivity index (χ3n) is 9.51. The van der Waals surface area contributed by atoms with Crippen LogP contribution in [0.1, 0.15) is 31.2 Å². The third-order valence-corrected chi connectivity index (χ3v) is 9.51. The number of carbonyl (C=O) groups excluding carboxylic acids is 1. The fourth-order valence-corrected chi connectivity index (χ4v) is 7.34. The Labute approximate surface area is 282 Å². The second-order valence-electron chi connectivity index (χ2n) is 13.2. The average Bonchev–Trinajstić information content (AvgIpc) is 3.45. The van der Waals surface area contributed by atoms with Crippen molar-refractivity contribution in [2.75, 3.05) is 71.5 Å². The molecular formula is C36H37F3N6O4. The Balaban J connectivity index is 1.37. The summed E-state index contributed by atoms with van der Waals surface area (Å²) in [4.78, 5) is 32.2. The van der Waals surface area contributed by atoms with Gasteiger partial charge in [-0.15, -0.1) is 6.42 Å². The molecular weight excluding hydrogens is 637 g/mol. The van der Waals surface area contributed by atoms with Gasteiger partial charge in [-0.2, -0.15) is 9.97 Å². The van der Waals surface area contributed by atoms with Crippen LogP contribution in [0, 0.1) is 24.0 Å². The molecule has 256 valence electrons. The molecule has 3 aliphatic rings. The van der Waals surface area contributed by atoms with Gasteiger partial charge in [0.2, 0.25) is 0 Å². The smallest absolute Gasteiger partial charge is 0.325 e. The van der Waals surface area contributed by atoms with Crippen molar-refractivity contribution in [3.63, 3.8) is 0 Å². The monoisotopic (exact) mass is 674 g/mol. The number of hydrogen-bond donors (Lipinski definition) is 0. The first-order valence-corrected chi connectivity index (χ1v) is 16.5. The number of nitrogens with zero attached hydrogens (tertiary/aromatic N) is 6. The molecule has 0 radical (unpaired) electrons. The highest BCUT2D eigenvalue weighted by Crippen LogP contribution is 2.42. The van der Waals surface area contributed by atoms with Crippen LogP contribution in [-0.2, 0) is 9.53 Å². The highest BCUT2D eigenvalue weighted by atomic mass is 19.1. The summed E-state index contributed by atoms with van der Waals surface area (Å²) in [6, 6.07) is 5.64. The summed E-state index contributed by atoms with van der Waals surface area (Å²) in [6.45, 7) is 3.47. The Kier molecular flexibility index (Phi) is 9.04. The summed E-state index contributed by atoms with van der Waals surface area (Å²) in [5, 5.41) is 1.02. The summed E-state index contributed by atoms with van der Waals surface area (Å²) in [7, 11) is 3.45. The molecule has 3 saturated heterocycles. The van der Waals surface area contributed by atoms with Crippen molar-refractivity contribution >= 4 is 33.5 Å². The van der Waals surface area contributed by atoms with Crippen LogP contribution in [0.15, 0.2) is 30.5 Å². The molecule has 2 aromatic carbocycles. The molecule has 5 heterocycles. The molecule has 7 rings (SSSR count). The number of carbonyl (C=O) groups is 1. The number of halogens is 3. The predicted octanol–water partition coefficient (Wildman–Crippen LogP) is 4.75. The van der Waals surface area contributed by atoms with E-state index in [0.29, 0.717) is 55.9 Å². The Bertz CT molecular complexity index is 1960. The normalized spacial score (nSPS) is 21.2. The van der Waals surface area contributed by atoms with E-state index in [-0.39, 0.29) is 52.6 Å². The number of hydrogen-bond acceptors (Lipinski definition) is 10. The third kappa shape index (κ3) is 6.36. The molecule has 2 aromatic heterocycles. The lowest BCUT2D eigenvalue weighted by molar-refractivity contribution is -0.135. The number of ether oxygens (including phenoxy) is 3. The van der Waals surface area contributed by atoms with Crippen molar-refractivity contribution in [3.05, 3.63) is 47.7 Å². The van der Waals surface area contributed by atoms with Crippen molar-refractivity contribution in [1.29, 1.82) is 0 Å². The van der Waals surface area contributed by atoms with E-state index in [2.05, 4.69) is 20.8 Å². The highest BCUT2D eigenvalue weighted by molar-refractivity contribution is 6.03. The molecule has 0 N–H and O–H groups in total. The van der Waals surface area contributed by atoms with Crippen LogP contribution in [0.2, 0.25) is 0 Å². The molecule has 49 heavy (non-hydrogen) atoms. The molecule has 3 fully saturated rings. The first-order chi connectivity index (χ1) is 23.7. The van der Waals surface area contributed by atoms with Gasteiger partial charge in [-0.3, -0.25) is 19.6 Å². The molecule has 0 saturated carbocycles. The van der Waals surface area contributed by atoms with Gasteiger partial charge in [0, 0.05) is 49.8 Å². The number of pyridine rings is 1. The largest absolute Gasteiger partial charge is 0.461 e. The lowest BCUT2D eigenvalue weighted by Gasteiger charge is -2.31. The standard InChI is InChI=1S/C36H37F3N6O4/c1-4-25-28(38)8-7-22-15-24(49-29(46)20-43(2)3)16-26(30(22)25)32-31(39)33-27(18-40-32)34(44-10-6-13-47-14-12-44)42-35(41-33)48-21-36-9-5-11-45(36)19-23(37)17-36/h1,7-8,15-16,18,23H,5-6,9-14,17,19-21H2,2-3H3/t23-,36+/m1/s1. The van der Waals surface area contributed by atoms with E-state index in [1.807, 2.05) is 4.90 Å². The fourth-order valence-electron chi connectivity index (χ4n) is 7.34. The van der Waals surface area contributed by atoms with Crippen molar-refractivity contribution in [1.82, 2.24) is 24.8 Å². The van der Waals surface area contributed by atoms with E-state index in [9.17, 15) is 9.18 Å². The van der Waals surface area contributed by atoms with Crippen LogP contribution >= 0.6 is 0 Å². The second-order valence-corrected chi connectivity index (χ2v) is 13.2. The zero-order valence-corrected chi connectivity index (χ0v) is 27.5. The van der Waals surface area contributed by atoms with Crippen molar-refractivity contribution in [2.45, 2.75) is 37.4 Å². The van der Waals surface area contributed by atoms with E-state index in [0.717, 1.165) is 25.8 Å². The Morgan fingerprint density at radius 2 is 2.02 bits per heavy atom. The van der Waals surface area contributed by atoms with E-state index in [1.54, 1.807) is 25.1 Å². The van der Waals surface area contributed by atoms with Gasteiger partial charge in [-0.1, -0.05) is 12.0 Å². The van der Waals surface area contributed by atoms with Crippen LogP contribution in [0.25, 0.3) is 32.9 Å². The average molecular weight is 675 g/mol. The SMILES string of the molecule is C#Cc1c(F)ccc2cc(OC(=O)CN(C)C)cc(-c3ncc4c(N5CCCOCC5)nc(OC[C@@]56CCCN5C[C@H](F)C6)nc4c3F)c12. The molecule has 0 aliphatic carbocycles. The van der Waals surface area contributed by atoms with Gasteiger partial charge in [0.1, 0.15) is 41.4 Å². The van der Waals surface area contributed by atoms with Gasteiger partial charge in [-0.25, -0.2) is 13.2 Å². The van der Waals surface area contributed by atoms with E-state index >= 15 is 8.78 Å². The van der Waals surface area contributed by atoms with Crippen molar-refractivity contribution < 1.29 is 32.2 Å². The summed E-state index contributed by atoms with van der Waals surface area (Å²) in [5.74, 6) is 0.924. The first kappa shape index (κ1) is 33.0. The zero-order valence-electron chi connectivity index (χ0n) is 27.5. The number of alkyl halides is 1. The molecule has 0 spiro atoms. The predicted molar refractivity (Wildman–Crippen MR) is 179 cm³/mol. The Hall–Kier alpha value is -4.51. The number of terminal acetylenes is 1. The minimum absolute atomic E-state index is 0.00399. The number of esters is 1. The van der Waals surface area contributed by atoms with Crippen LogP contribution < -0.4 is 14.4 Å². The molecule has 13 heteroatoms. The zero-order chi connectivity index (χ0) is 34.3. The lowest BCUT2D eigenvalue weighted by atomic mass is 9.95. The number of aromatic nitrogens is 3. The number of fused-ring (bicyclic) bond motifs is 3. The lowest BCUT2D eigenvalue weighted by Crippen LogP contribution is -2.43. The van der Waals surface area contributed by atoms with Crippen LogP contribution in [-0.4, -0.2) is 109 Å². The Morgan fingerprint density at radius 3 is 2.84 bits per heavy atom. The van der Waals surface area contributed by atoms with E-state index in [1.165, 1.54) is 24.4 Å². The number of benzene rings is 2. The summed E-state index contributed by atoms with van der Waals surface area (Å²) in [6.07, 6.45) is 9.11. The molecule has 0 amide bonds. The van der Waals surface area contributed by atoms with E-state index in [4.69, 9.17) is 25.6 Å². The molecule has 0 unspecified atom stereocenters. The summed E-state index contributed by atoms with van der Waals surface area (Å²) in [5.41, 5.74) is -0.651. The maximum absolute atomic E-state index is 17.0. The highest BCUT2D eigenvalue weighted by Gasteiger charge is 2.49. The quantitative estimate of drug-likeness (QED) is 0.148. The second kappa shape index (κ2) is 13.4. The van der Waals surface area contributed by atoms with Crippen LogP contribution in [0.5, 0.6) is 11.8 Å². The topological polar surface area (TPSA) is 93.2 Å². The minimum atomic E-state index is -0.939. The van der Waals surface area contributed by atoms with Crippen LogP contribution in [0.3, 0.4) is 0 Å². The Morgan fingerprint density at radius 1 is 1.16 bits per heavy atom. The van der Waals surface area contributed by atoms with Crippen molar-refractivity contribution in [2.24, 2.45) is 0 Å². The molecule has 2 atom stereocenters. The van der Waals surface area contributed by atoms with Gasteiger partial charge < -0.3 is 19.1 Å². The number of likely N-dealkylation sites (N-methyl/N-ethyl adjacent to an activating group) is 1. The van der Waals surface area contributed by atoms with Gasteiger partial charge in [0.15, 0.2) is 5.82 Å². The summed E-state index contributed by atoms with van der Waals surface area (Å²) >= 11 is 0. The molecule has 3 aliphatic heterocycles.